The number of hydrogen-bond acceptors (Lipinski definition) is 3. The Morgan fingerprint density at radius 3 is 2.81 bits per heavy atom. The van der Waals surface area contributed by atoms with Gasteiger partial charge in [-0.15, -0.1) is 0 Å². The number of carbonyl (C=O) groups excluding carboxylic acids is 2. The Morgan fingerprint density at radius 1 is 1.19 bits per heavy atom. The van der Waals surface area contributed by atoms with E-state index in [0.29, 0.717) is 17.0 Å². The predicted molar refractivity (Wildman–Crippen MR) is 82.8 cm³/mol. The van der Waals surface area contributed by atoms with E-state index in [4.69, 9.17) is 4.74 Å². The number of benzene rings is 2. The number of Topliss-reactive ketones (excluding diaryl/α,β-unsaturated/α-hetero) is 1. The molecular formula is C16H12BrNO3. The van der Waals surface area contributed by atoms with E-state index >= 15 is 0 Å². The maximum Gasteiger partial charge on any atom is 0.265 e. The van der Waals surface area contributed by atoms with Gasteiger partial charge in [0.05, 0.1) is 12.2 Å². The molecule has 3 rings (SSSR count). The van der Waals surface area contributed by atoms with Crippen molar-refractivity contribution >= 4 is 33.3 Å². The molecule has 0 fully saturated rings. The van der Waals surface area contributed by atoms with Crippen LogP contribution >= 0.6 is 15.9 Å². The van der Waals surface area contributed by atoms with Crippen molar-refractivity contribution in [2.45, 2.75) is 0 Å². The van der Waals surface area contributed by atoms with Gasteiger partial charge >= 0.3 is 0 Å². The number of anilines is 1. The summed E-state index contributed by atoms with van der Waals surface area (Å²) in [7, 11) is 0. The molecule has 0 radical (unpaired) electrons. The number of hydrogen-bond donors (Lipinski definition) is 0. The van der Waals surface area contributed by atoms with Gasteiger partial charge in [-0.3, -0.25) is 14.5 Å². The molecular weight excluding hydrogens is 334 g/mol. The van der Waals surface area contributed by atoms with Gasteiger partial charge in [0, 0.05) is 10.0 Å². The molecule has 0 saturated carbocycles. The van der Waals surface area contributed by atoms with Crippen molar-refractivity contribution in [3.8, 4) is 5.75 Å². The Kier molecular flexibility index (Phi) is 3.75. The van der Waals surface area contributed by atoms with E-state index in [0.717, 1.165) is 4.47 Å². The molecule has 0 unspecified atom stereocenters. The number of carbonyl (C=O) groups is 2. The molecule has 1 heterocycles. The third kappa shape index (κ3) is 2.83. The number of para-hydroxylation sites is 2. The van der Waals surface area contributed by atoms with Crippen LogP contribution in [0.3, 0.4) is 0 Å². The van der Waals surface area contributed by atoms with Gasteiger partial charge in [-0.2, -0.15) is 0 Å². The van der Waals surface area contributed by atoms with Crippen molar-refractivity contribution in [3.05, 3.63) is 58.6 Å². The van der Waals surface area contributed by atoms with E-state index < -0.39 is 0 Å². The average Bonchev–Trinajstić information content (AvgIpc) is 2.50. The molecule has 0 N–H and O–H groups in total. The SMILES string of the molecule is O=C(CN1C(=O)COc2ccccc21)c1cccc(Br)c1. The minimum Gasteiger partial charge on any atom is -0.482 e. The summed E-state index contributed by atoms with van der Waals surface area (Å²) >= 11 is 3.34. The Hall–Kier alpha value is -2.14. The Bertz CT molecular complexity index is 714. The normalized spacial score (nSPS) is 13.6. The summed E-state index contributed by atoms with van der Waals surface area (Å²) in [6.07, 6.45) is 0. The van der Waals surface area contributed by atoms with Gasteiger partial charge in [0.1, 0.15) is 5.75 Å². The fourth-order valence-corrected chi connectivity index (χ4v) is 2.62. The van der Waals surface area contributed by atoms with E-state index in [1.165, 1.54) is 4.90 Å². The molecule has 106 valence electrons. The maximum absolute atomic E-state index is 12.4. The lowest BCUT2D eigenvalue weighted by molar-refractivity contribution is -0.121. The fraction of sp³-hybridized carbons (Fsp3) is 0.125. The van der Waals surface area contributed by atoms with Crippen LogP contribution in [0.5, 0.6) is 5.75 Å². The number of nitrogens with zero attached hydrogens (tertiary/aromatic N) is 1. The Balaban J connectivity index is 1.87. The van der Waals surface area contributed by atoms with Gasteiger partial charge in [-0.25, -0.2) is 0 Å². The first-order valence-electron chi connectivity index (χ1n) is 6.46. The number of fused-ring (bicyclic) bond motifs is 1. The highest BCUT2D eigenvalue weighted by atomic mass is 79.9. The number of rotatable bonds is 3. The number of ether oxygens (including phenoxy) is 1. The van der Waals surface area contributed by atoms with Crippen LogP contribution in [0.25, 0.3) is 0 Å². The topological polar surface area (TPSA) is 46.6 Å². The summed E-state index contributed by atoms with van der Waals surface area (Å²) in [6, 6.07) is 14.4. The Labute approximate surface area is 130 Å². The summed E-state index contributed by atoms with van der Waals surface area (Å²) in [5, 5.41) is 0. The molecule has 0 aliphatic carbocycles. The van der Waals surface area contributed by atoms with Crippen LogP contribution in [-0.4, -0.2) is 24.8 Å². The lowest BCUT2D eigenvalue weighted by atomic mass is 10.1. The zero-order chi connectivity index (χ0) is 14.8. The van der Waals surface area contributed by atoms with Crippen LogP contribution in [0.4, 0.5) is 5.69 Å². The molecule has 21 heavy (non-hydrogen) atoms. The van der Waals surface area contributed by atoms with E-state index in [1.807, 2.05) is 18.2 Å². The molecule has 2 aromatic carbocycles. The molecule has 2 aromatic rings. The second-order valence-corrected chi connectivity index (χ2v) is 5.59. The van der Waals surface area contributed by atoms with Gasteiger partial charge in [0.25, 0.3) is 5.91 Å². The van der Waals surface area contributed by atoms with E-state index in [-0.39, 0.29) is 24.8 Å². The maximum atomic E-state index is 12.4. The molecule has 0 aromatic heterocycles. The molecule has 1 aliphatic rings. The Morgan fingerprint density at radius 2 is 2.00 bits per heavy atom. The summed E-state index contributed by atoms with van der Waals surface area (Å²) in [5.41, 5.74) is 1.21. The van der Waals surface area contributed by atoms with Crippen molar-refractivity contribution in [1.29, 1.82) is 0 Å². The summed E-state index contributed by atoms with van der Waals surface area (Å²) in [5.74, 6) is 0.303. The molecule has 5 heteroatoms. The number of ketones is 1. The summed E-state index contributed by atoms with van der Waals surface area (Å²) in [4.78, 5) is 25.9. The standard InChI is InChI=1S/C16H12BrNO3/c17-12-5-3-4-11(8-12)14(19)9-18-13-6-1-2-7-15(13)21-10-16(18)20/h1-8H,9-10H2. The van der Waals surface area contributed by atoms with Gasteiger partial charge in [0.15, 0.2) is 12.4 Å². The van der Waals surface area contributed by atoms with E-state index in [9.17, 15) is 9.59 Å². The van der Waals surface area contributed by atoms with Crippen LogP contribution in [0.1, 0.15) is 10.4 Å². The van der Waals surface area contributed by atoms with Crippen LogP contribution < -0.4 is 9.64 Å². The molecule has 4 nitrogen and oxygen atoms in total. The quantitative estimate of drug-likeness (QED) is 0.803. The summed E-state index contributed by atoms with van der Waals surface area (Å²) in [6.45, 7) is -0.0293. The first kappa shape index (κ1) is 13.8. The smallest absolute Gasteiger partial charge is 0.265 e. The fourth-order valence-electron chi connectivity index (χ4n) is 2.22. The molecule has 0 saturated heterocycles. The van der Waals surface area contributed by atoms with Crippen molar-refractivity contribution in [3.63, 3.8) is 0 Å². The third-order valence-electron chi connectivity index (χ3n) is 3.26. The van der Waals surface area contributed by atoms with Crippen LogP contribution in [0, 0.1) is 0 Å². The average molecular weight is 346 g/mol. The highest BCUT2D eigenvalue weighted by Crippen LogP contribution is 2.31. The first-order chi connectivity index (χ1) is 10.1. The highest BCUT2D eigenvalue weighted by Gasteiger charge is 2.27. The minimum atomic E-state index is -0.211. The molecule has 0 spiro atoms. The van der Waals surface area contributed by atoms with Crippen LogP contribution in [-0.2, 0) is 4.79 Å². The second-order valence-electron chi connectivity index (χ2n) is 4.67. The van der Waals surface area contributed by atoms with Gasteiger partial charge in [-0.05, 0) is 24.3 Å². The number of amides is 1. The molecule has 0 bridgehead atoms. The lowest BCUT2D eigenvalue weighted by Crippen LogP contribution is -2.41. The highest BCUT2D eigenvalue weighted by molar-refractivity contribution is 9.10. The van der Waals surface area contributed by atoms with Crippen LogP contribution in [0.2, 0.25) is 0 Å². The zero-order valence-electron chi connectivity index (χ0n) is 11.1. The summed E-state index contributed by atoms with van der Waals surface area (Å²) < 4.78 is 6.20. The monoisotopic (exact) mass is 345 g/mol. The predicted octanol–water partition coefficient (Wildman–Crippen LogP) is 3.06. The van der Waals surface area contributed by atoms with Gasteiger partial charge in [0.2, 0.25) is 0 Å². The molecule has 0 atom stereocenters. The van der Waals surface area contributed by atoms with E-state index in [2.05, 4.69) is 15.9 Å². The van der Waals surface area contributed by atoms with Crippen molar-refractivity contribution in [2.75, 3.05) is 18.1 Å². The first-order valence-corrected chi connectivity index (χ1v) is 7.25. The van der Waals surface area contributed by atoms with E-state index in [1.54, 1.807) is 30.3 Å². The second kappa shape index (κ2) is 5.69. The number of halogens is 1. The molecule has 1 amide bonds. The minimum absolute atomic E-state index is 0.00958. The van der Waals surface area contributed by atoms with Crippen molar-refractivity contribution < 1.29 is 14.3 Å². The molecule has 1 aliphatic heterocycles. The third-order valence-corrected chi connectivity index (χ3v) is 3.75. The van der Waals surface area contributed by atoms with Gasteiger partial charge in [-0.1, -0.05) is 40.2 Å². The van der Waals surface area contributed by atoms with Crippen molar-refractivity contribution in [1.82, 2.24) is 0 Å². The lowest BCUT2D eigenvalue weighted by Gasteiger charge is -2.28. The van der Waals surface area contributed by atoms with Gasteiger partial charge < -0.3 is 4.74 Å². The zero-order valence-corrected chi connectivity index (χ0v) is 12.7. The van der Waals surface area contributed by atoms with Crippen molar-refractivity contribution in [2.24, 2.45) is 0 Å². The largest absolute Gasteiger partial charge is 0.482 e. The van der Waals surface area contributed by atoms with Crippen LogP contribution in [0.15, 0.2) is 53.0 Å².